The SMILES string of the molecule is CN[C@@H]1CCN(c2ccc(C(=O)Nc3cc(Oc4ccccc4)c4nc(C)cn4c3)c3nn(C)cc23)C1. The minimum atomic E-state index is -0.230. The molecule has 9 nitrogen and oxygen atoms in total. The number of para-hydroxylation sites is 1. The molecule has 188 valence electrons. The number of aromatic nitrogens is 4. The van der Waals surface area contributed by atoms with Crippen molar-refractivity contribution >= 4 is 33.8 Å². The Bertz CT molecular complexity index is 1610. The van der Waals surface area contributed by atoms with Gasteiger partial charge in [-0.05, 0) is 44.7 Å². The van der Waals surface area contributed by atoms with Crippen molar-refractivity contribution in [1.29, 1.82) is 0 Å². The maximum absolute atomic E-state index is 13.5. The van der Waals surface area contributed by atoms with Gasteiger partial charge in [0, 0.05) is 61.9 Å². The summed E-state index contributed by atoms with van der Waals surface area (Å²) in [5.74, 6) is 1.02. The van der Waals surface area contributed by atoms with E-state index in [4.69, 9.17) is 4.74 Å². The van der Waals surface area contributed by atoms with Crippen molar-refractivity contribution in [3.63, 3.8) is 0 Å². The maximum atomic E-state index is 13.5. The lowest BCUT2D eigenvalue weighted by Gasteiger charge is -2.20. The highest BCUT2D eigenvalue weighted by Gasteiger charge is 2.25. The summed E-state index contributed by atoms with van der Waals surface area (Å²) in [4.78, 5) is 20.5. The van der Waals surface area contributed by atoms with Crippen LogP contribution in [0.4, 0.5) is 11.4 Å². The van der Waals surface area contributed by atoms with Gasteiger partial charge in [-0.1, -0.05) is 18.2 Å². The second-order valence-electron chi connectivity index (χ2n) is 9.49. The van der Waals surface area contributed by atoms with Gasteiger partial charge in [-0.3, -0.25) is 9.48 Å². The van der Waals surface area contributed by atoms with E-state index >= 15 is 0 Å². The minimum absolute atomic E-state index is 0.230. The number of carbonyl (C=O) groups excluding carboxylic acids is 1. The molecule has 5 aromatic rings. The zero-order valence-corrected chi connectivity index (χ0v) is 21.1. The standard InChI is InChI=1S/C28H29N7O2/c1-18-14-35-16-20(13-25(27(35)30-18)37-21-7-5-4-6-8-21)31-28(36)22-9-10-24(23-17-33(3)32-26(22)23)34-12-11-19(15-34)29-2/h4-10,13-14,16-17,19,29H,11-12,15H2,1-3H3,(H,31,36)/t19-/m1/s1. The highest BCUT2D eigenvalue weighted by molar-refractivity contribution is 6.14. The molecule has 0 spiro atoms. The van der Waals surface area contributed by atoms with Crippen LogP contribution in [-0.2, 0) is 7.05 Å². The lowest BCUT2D eigenvalue weighted by Crippen LogP contribution is -2.29. The van der Waals surface area contributed by atoms with Crippen LogP contribution in [0.2, 0.25) is 0 Å². The molecule has 2 aromatic carbocycles. The summed E-state index contributed by atoms with van der Waals surface area (Å²) in [5, 5.41) is 12.0. The van der Waals surface area contributed by atoms with Crippen LogP contribution in [0.5, 0.6) is 11.5 Å². The van der Waals surface area contributed by atoms with Crippen molar-refractivity contribution in [3.8, 4) is 11.5 Å². The summed E-state index contributed by atoms with van der Waals surface area (Å²) in [6, 6.07) is 15.7. The van der Waals surface area contributed by atoms with Gasteiger partial charge in [-0.25, -0.2) is 4.98 Å². The quantitative estimate of drug-likeness (QED) is 0.364. The number of pyridine rings is 1. The molecule has 0 bridgehead atoms. The van der Waals surface area contributed by atoms with E-state index in [1.54, 1.807) is 10.7 Å². The van der Waals surface area contributed by atoms with Gasteiger partial charge in [-0.2, -0.15) is 5.10 Å². The van der Waals surface area contributed by atoms with Crippen molar-refractivity contribution in [1.82, 2.24) is 24.5 Å². The smallest absolute Gasteiger partial charge is 0.257 e. The van der Waals surface area contributed by atoms with Gasteiger partial charge in [0.15, 0.2) is 11.4 Å². The number of hydrogen-bond donors (Lipinski definition) is 2. The van der Waals surface area contributed by atoms with Gasteiger partial charge >= 0.3 is 0 Å². The van der Waals surface area contributed by atoms with E-state index in [2.05, 4.69) is 25.6 Å². The Hall–Kier alpha value is -4.37. The third-order valence-corrected chi connectivity index (χ3v) is 6.82. The number of hydrogen-bond acceptors (Lipinski definition) is 6. The van der Waals surface area contributed by atoms with Gasteiger partial charge in [-0.15, -0.1) is 0 Å². The number of fused-ring (bicyclic) bond motifs is 2. The van der Waals surface area contributed by atoms with Crippen LogP contribution in [-0.4, -0.2) is 51.3 Å². The molecule has 0 radical (unpaired) electrons. The first kappa shape index (κ1) is 23.1. The molecule has 6 rings (SSSR count). The van der Waals surface area contributed by atoms with Gasteiger partial charge in [0.2, 0.25) is 0 Å². The summed E-state index contributed by atoms with van der Waals surface area (Å²) < 4.78 is 9.77. The lowest BCUT2D eigenvalue weighted by atomic mass is 10.1. The molecule has 1 aliphatic heterocycles. The Morgan fingerprint density at radius 3 is 2.73 bits per heavy atom. The highest BCUT2D eigenvalue weighted by atomic mass is 16.5. The molecular formula is C28H29N7O2. The monoisotopic (exact) mass is 495 g/mol. The fourth-order valence-electron chi connectivity index (χ4n) is 5.03. The number of likely N-dealkylation sites (N-methyl/N-ethyl adjacent to an activating group) is 1. The van der Waals surface area contributed by atoms with E-state index < -0.39 is 0 Å². The zero-order valence-electron chi connectivity index (χ0n) is 21.1. The molecule has 9 heteroatoms. The Balaban J connectivity index is 1.34. The van der Waals surface area contributed by atoms with Crippen LogP contribution >= 0.6 is 0 Å². The van der Waals surface area contributed by atoms with Gasteiger partial charge in [0.25, 0.3) is 5.91 Å². The van der Waals surface area contributed by atoms with E-state index in [-0.39, 0.29) is 5.91 Å². The van der Waals surface area contributed by atoms with Gasteiger partial charge < -0.3 is 24.7 Å². The average Bonchev–Trinajstić information content (AvgIpc) is 3.61. The number of benzene rings is 2. The molecule has 0 saturated carbocycles. The van der Waals surface area contributed by atoms with Crippen molar-refractivity contribution < 1.29 is 9.53 Å². The Kier molecular flexibility index (Phi) is 5.77. The summed E-state index contributed by atoms with van der Waals surface area (Å²) in [5.41, 5.74) is 4.45. The Labute approximate surface area is 214 Å². The third-order valence-electron chi connectivity index (χ3n) is 6.82. The molecule has 37 heavy (non-hydrogen) atoms. The van der Waals surface area contributed by atoms with Gasteiger partial charge in [0.05, 0.1) is 16.9 Å². The number of nitrogens with one attached hydrogen (secondary N) is 2. The molecule has 1 atom stereocenters. The topological polar surface area (TPSA) is 88.7 Å². The Morgan fingerprint density at radius 1 is 1.11 bits per heavy atom. The molecule has 2 N–H and O–H groups in total. The molecule has 4 heterocycles. The second kappa shape index (κ2) is 9.25. The molecule has 0 aliphatic carbocycles. The average molecular weight is 496 g/mol. The first-order valence-electron chi connectivity index (χ1n) is 12.4. The van der Waals surface area contributed by atoms with E-state index in [1.807, 2.05) is 86.5 Å². The first-order valence-corrected chi connectivity index (χ1v) is 12.4. The predicted molar refractivity (Wildman–Crippen MR) is 145 cm³/mol. The van der Waals surface area contributed by atoms with Crippen molar-refractivity contribution in [2.24, 2.45) is 7.05 Å². The lowest BCUT2D eigenvalue weighted by molar-refractivity contribution is 0.102. The minimum Gasteiger partial charge on any atom is -0.453 e. The number of ether oxygens (including phenoxy) is 1. The predicted octanol–water partition coefficient (Wildman–Crippen LogP) is 4.37. The number of imidazole rings is 1. The van der Waals surface area contributed by atoms with E-state index in [1.165, 1.54) is 0 Å². The molecule has 3 aromatic heterocycles. The molecule has 1 amide bonds. The van der Waals surface area contributed by atoms with Crippen molar-refractivity contribution in [2.45, 2.75) is 19.4 Å². The summed E-state index contributed by atoms with van der Waals surface area (Å²) in [6.45, 7) is 3.83. The fourth-order valence-corrected chi connectivity index (χ4v) is 5.03. The summed E-state index contributed by atoms with van der Waals surface area (Å²) in [6.07, 6.45) is 6.82. The maximum Gasteiger partial charge on any atom is 0.257 e. The van der Waals surface area contributed by atoms with Crippen LogP contribution in [0.15, 0.2) is 67.1 Å². The van der Waals surface area contributed by atoms with E-state index in [0.29, 0.717) is 40.0 Å². The number of carbonyl (C=O) groups is 1. The summed E-state index contributed by atoms with van der Waals surface area (Å²) >= 11 is 0. The number of nitrogens with zero attached hydrogens (tertiary/aromatic N) is 5. The van der Waals surface area contributed by atoms with E-state index in [9.17, 15) is 4.79 Å². The third kappa shape index (κ3) is 4.38. The van der Waals surface area contributed by atoms with Crippen LogP contribution < -0.4 is 20.3 Å². The Morgan fingerprint density at radius 2 is 1.95 bits per heavy atom. The second-order valence-corrected chi connectivity index (χ2v) is 9.49. The van der Waals surface area contributed by atoms with Crippen LogP contribution in [0.3, 0.4) is 0 Å². The number of aryl methyl sites for hydroxylation is 2. The van der Waals surface area contributed by atoms with Crippen LogP contribution in [0.25, 0.3) is 16.6 Å². The normalized spacial score (nSPS) is 15.5. The van der Waals surface area contributed by atoms with Crippen LogP contribution in [0, 0.1) is 6.92 Å². The van der Waals surface area contributed by atoms with E-state index in [0.717, 1.165) is 36.3 Å². The molecular weight excluding hydrogens is 466 g/mol. The zero-order chi connectivity index (χ0) is 25.5. The number of rotatable bonds is 6. The summed E-state index contributed by atoms with van der Waals surface area (Å²) in [7, 11) is 3.88. The van der Waals surface area contributed by atoms with Crippen molar-refractivity contribution in [2.75, 3.05) is 30.4 Å². The van der Waals surface area contributed by atoms with Crippen LogP contribution in [0.1, 0.15) is 22.5 Å². The molecule has 1 aliphatic rings. The number of anilines is 2. The van der Waals surface area contributed by atoms with Crippen molar-refractivity contribution in [3.05, 3.63) is 78.4 Å². The number of amides is 1. The first-order chi connectivity index (χ1) is 18.0. The molecule has 1 fully saturated rings. The fraction of sp³-hybridized carbons (Fsp3) is 0.250. The van der Waals surface area contributed by atoms with Gasteiger partial charge in [0.1, 0.15) is 11.3 Å². The largest absolute Gasteiger partial charge is 0.453 e. The highest BCUT2D eigenvalue weighted by Crippen LogP contribution is 2.33. The molecule has 0 unspecified atom stereocenters. The molecule has 1 saturated heterocycles.